The van der Waals surface area contributed by atoms with Crippen LogP contribution in [0.5, 0.6) is 0 Å². The molecule has 0 heterocycles. The SMILES string of the molecule is CCCNC(=O)N(CCC)CC(=O)OCC. The Morgan fingerprint density at radius 1 is 1.19 bits per heavy atom. The predicted molar refractivity (Wildman–Crippen MR) is 62.2 cm³/mol. The van der Waals surface area contributed by atoms with Crippen molar-refractivity contribution in [2.75, 3.05) is 26.2 Å². The maximum absolute atomic E-state index is 11.6. The molecule has 0 aliphatic carbocycles. The number of esters is 1. The van der Waals surface area contributed by atoms with E-state index in [1.54, 1.807) is 6.92 Å². The molecule has 0 aliphatic heterocycles. The molecule has 2 amide bonds. The molecule has 5 heteroatoms. The average molecular weight is 230 g/mol. The zero-order valence-electron chi connectivity index (χ0n) is 10.4. The van der Waals surface area contributed by atoms with Crippen molar-refractivity contribution in [1.29, 1.82) is 0 Å². The quantitative estimate of drug-likeness (QED) is 0.672. The Morgan fingerprint density at radius 2 is 1.88 bits per heavy atom. The molecular weight excluding hydrogens is 208 g/mol. The molecule has 0 aromatic heterocycles. The first-order chi connectivity index (χ1) is 7.65. The zero-order valence-corrected chi connectivity index (χ0v) is 10.4. The monoisotopic (exact) mass is 230 g/mol. The number of nitrogens with one attached hydrogen (secondary N) is 1. The molecule has 0 unspecified atom stereocenters. The second-order valence-corrected chi connectivity index (χ2v) is 3.46. The molecule has 0 saturated carbocycles. The summed E-state index contributed by atoms with van der Waals surface area (Å²) in [5.74, 6) is -0.359. The van der Waals surface area contributed by atoms with Crippen molar-refractivity contribution >= 4 is 12.0 Å². The smallest absolute Gasteiger partial charge is 0.325 e. The third-order valence-electron chi connectivity index (χ3n) is 1.93. The number of hydrogen-bond acceptors (Lipinski definition) is 3. The fourth-order valence-electron chi connectivity index (χ4n) is 1.23. The topological polar surface area (TPSA) is 58.6 Å². The van der Waals surface area contributed by atoms with Crippen LogP contribution in [0.15, 0.2) is 0 Å². The Morgan fingerprint density at radius 3 is 2.38 bits per heavy atom. The third kappa shape index (κ3) is 6.27. The van der Waals surface area contributed by atoms with Gasteiger partial charge in [0.2, 0.25) is 0 Å². The number of rotatable bonds is 7. The summed E-state index contributed by atoms with van der Waals surface area (Å²) in [4.78, 5) is 24.4. The van der Waals surface area contributed by atoms with Gasteiger partial charge < -0.3 is 15.0 Å². The molecule has 1 N–H and O–H groups in total. The number of urea groups is 1. The van der Waals surface area contributed by atoms with E-state index in [2.05, 4.69) is 5.32 Å². The lowest BCUT2D eigenvalue weighted by Crippen LogP contribution is -2.43. The molecule has 0 rings (SSSR count). The van der Waals surface area contributed by atoms with Gasteiger partial charge in [-0.25, -0.2) is 4.79 Å². The Balaban J connectivity index is 4.13. The van der Waals surface area contributed by atoms with Crippen molar-refractivity contribution in [2.45, 2.75) is 33.6 Å². The number of amides is 2. The summed E-state index contributed by atoms with van der Waals surface area (Å²) in [6.45, 7) is 7.25. The van der Waals surface area contributed by atoms with Gasteiger partial charge in [0.1, 0.15) is 6.54 Å². The predicted octanol–water partition coefficient (Wildman–Crippen LogP) is 1.38. The highest BCUT2D eigenvalue weighted by Gasteiger charge is 2.16. The zero-order chi connectivity index (χ0) is 12.4. The summed E-state index contributed by atoms with van der Waals surface area (Å²) in [5.41, 5.74) is 0. The van der Waals surface area contributed by atoms with Crippen LogP contribution >= 0.6 is 0 Å². The molecule has 0 bridgehead atoms. The molecule has 5 nitrogen and oxygen atoms in total. The van der Waals surface area contributed by atoms with E-state index in [4.69, 9.17) is 4.74 Å². The van der Waals surface area contributed by atoms with E-state index in [0.29, 0.717) is 19.7 Å². The highest BCUT2D eigenvalue weighted by molar-refractivity contribution is 5.80. The largest absolute Gasteiger partial charge is 0.465 e. The van der Waals surface area contributed by atoms with Crippen LogP contribution in [-0.4, -0.2) is 43.1 Å². The summed E-state index contributed by atoms with van der Waals surface area (Å²) in [6.07, 6.45) is 1.70. The molecule has 0 atom stereocenters. The van der Waals surface area contributed by atoms with Crippen LogP contribution in [0, 0.1) is 0 Å². The minimum atomic E-state index is -0.359. The molecule has 16 heavy (non-hydrogen) atoms. The maximum atomic E-state index is 11.6. The molecule has 0 saturated heterocycles. The first-order valence-corrected chi connectivity index (χ1v) is 5.84. The molecule has 0 aromatic rings. The van der Waals surface area contributed by atoms with Gasteiger partial charge in [0, 0.05) is 13.1 Å². The van der Waals surface area contributed by atoms with Gasteiger partial charge in [-0.2, -0.15) is 0 Å². The van der Waals surface area contributed by atoms with Crippen LogP contribution in [-0.2, 0) is 9.53 Å². The summed E-state index contributed by atoms with van der Waals surface area (Å²) in [5, 5.41) is 2.74. The van der Waals surface area contributed by atoms with Gasteiger partial charge in [0.15, 0.2) is 0 Å². The number of carbonyl (C=O) groups is 2. The number of nitrogens with zero attached hydrogens (tertiary/aromatic N) is 1. The van der Waals surface area contributed by atoms with Gasteiger partial charge in [-0.1, -0.05) is 13.8 Å². The van der Waals surface area contributed by atoms with Crippen LogP contribution in [0.4, 0.5) is 4.79 Å². The Kier molecular flexibility index (Phi) is 8.29. The first-order valence-electron chi connectivity index (χ1n) is 5.84. The van der Waals surface area contributed by atoms with Crippen LogP contribution < -0.4 is 5.32 Å². The first kappa shape index (κ1) is 14.7. The van der Waals surface area contributed by atoms with E-state index >= 15 is 0 Å². The van der Waals surface area contributed by atoms with Crippen molar-refractivity contribution in [1.82, 2.24) is 10.2 Å². The van der Waals surface area contributed by atoms with Crippen LogP contribution in [0.25, 0.3) is 0 Å². The number of hydrogen-bond donors (Lipinski definition) is 1. The highest BCUT2D eigenvalue weighted by atomic mass is 16.5. The summed E-state index contributed by atoms with van der Waals surface area (Å²) >= 11 is 0. The lowest BCUT2D eigenvalue weighted by molar-refractivity contribution is -0.143. The normalized spacial score (nSPS) is 9.69. The second kappa shape index (κ2) is 9.00. The lowest BCUT2D eigenvalue weighted by atomic mass is 10.4. The summed E-state index contributed by atoms with van der Waals surface area (Å²) < 4.78 is 4.81. The number of carbonyl (C=O) groups excluding carboxylic acids is 2. The van der Waals surface area contributed by atoms with Crippen molar-refractivity contribution < 1.29 is 14.3 Å². The molecule has 0 radical (unpaired) electrons. The third-order valence-corrected chi connectivity index (χ3v) is 1.93. The minimum absolute atomic E-state index is 0.0250. The van der Waals surface area contributed by atoms with Crippen molar-refractivity contribution in [3.63, 3.8) is 0 Å². The number of ether oxygens (including phenoxy) is 1. The van der Waals surface area contributed by atoms with E-state index in [1.165, 1.54) is 4.90 Å². The maximum Gasteiger partial charge on any atom is 0.325 e. The fourth-order valence-corrected chi connectivity index (χ4v) is 1.23. The van der Waals surface area contributed by atoms with Crippen LogP contribution in [0.3, 0.4) is 0 Å². The second-order valence-electron chi connectivity index (χ2n) is 3.46. The molecule has 0 fully saturated rings. The van der Waals surface area contributed by atoms with Gasteiger partial charge in [-0.05, 0) is 19.8 Å². The van der Waals surface area contributed by atoms with Crippen molar-refractivity contribution in [2.24, 2.45) is 0 Å². The Hall–Kier alpha value is -1.26. The van der Waals surface area contributed by atoms with E-state index in [9.17, 15) is 9.59 Å². The highest BCUT2D eigenvalue weighted by Crippen LogP contribution is 1.94. The molecule has 0 aromatic carbocycles. The van der Waals surface area contributed by atoms with E-state index in [-0.39, 0.29) is 18.5 Å². The molecule has 94 valence electrons. The van der Waals surface area contributed by atoms with Crippen LogP contribution in [0.2, 0.25) is 0 Å². The molecule has 0 spiro atoms. The fraction of sp³-hybridized carbons (Fsp3) is 0.818. The van der Waals surface area contributed by atoms with Crippen LogP contribution in [0.1, 0.15) is 33.6 Å². The van der Waals surface area contributed by atoms with E-state index < -0.39 is 0 Å². The lowest BCUT2D eigenvalue weighted by Gasteiger charge is -2.21. The summed E-state index contributed by atoms with van der Waals surface area (Å²) in [6, 6.07) is -0.197. The Labute approximate surface area is 97.1 Å². The standard InChI is InChI=1S/C11H22N2O3/c1-4-7-12-11(15)13(8-5-2)9-10(14)16-6-3/h4-9H2,1-3H3,(H,12,15). The van der Waals surface area contributed by atoms with Crippen molar-refractivity contribution in [3.05, 3.63) is 0 Å². The summed E-state index contributed by atoms with van der Waals surface area (Å²) in [7, 11) is 0. The minimum Gasteiger partial charge on any atom is -0.465 e. The van der Waals surface area contributed by atoms with Gasteiger partial charge >= 0.3 is 12.0 Å². The van der Waals surface area contributed by atoms with E-state index in [0.717, 1.165) is 12.8 Å². The average Bonchev–Trinajstić information content (AvgIpc) is 2.25. The van der Waals surface area contributed by atoms with Gasteiger partial charge in [0.25, 0.3) is 0 Å². The Bertz CT molecular complexity index is 219. The van der Waals surface area contributed by atoms with Gasteiger partial charge in [-0.15, -0.1) is 0 Å². The van der Waals surface area contributed by atoms with Crippen molar-refractivity contribution in [3.8, 4) is 0 Å². The van der Waals surface area contributed by atoms with Gasteiger partial charge in [-0.3, -0.25) is 4.79 Å². The van der Waals surface area contributed by atoms with Gasteiger partial charge in [0.05, 0.1) is 6.61 Å². The molecule has 0 aliphatic rings. The van der Waals surface area contributed by atoms with E-state index in [1.807, 2.05) is 13.8 Å². The molecular formula is C11H22N2O3.